The van der Waals surface area contributed by atoms with Crippen LogP contribution in [0.2, 0.25) is 0 Å². The second kappa shape index (κ2) is 13.5. The van der Waals surface area contributed by atoms with Crippen LogP contribution in [0.3, 0.4) is 0 Å². The molecule has 0 spiro atoms. The molecule has 3 atom stereocenters. The van der Waals surface area contributed by atoms with Crippen molar-refractivity contribution in [1.29, 1.82) is 0 Å². The van der Waals surface area contributed by atoms with Crippen LogP contribution in [-0.4, -0.2) is 66.0 Å². The van der Waals surface area contributed by atoms with E-state index in [1.54, 1.807) is 7.05 Å². The Morgan fingerprint density at radius 1 is 1.03 bits per heavy atom. The van der Waals surface area contributed by atoms with Crippen molar-refractivity contribution in [1.82, 2.24) is 15.5 Å². The predicted molar refractivity (Wildman–Crippen MR) is 120 cm³/mol. The lowest BCUT2D eigenvalue weighted by Crippen LogP contribution is -2.55. The van der Waals surface area contributed by atoms with Crippen molar-refractivity contribution in [2.75, 3.05) is 20.2 Å². The second-order valence-corrected chi connectivity index (χ2v) is 8.34. The van der Waals surface area contributed by atoms with E-state index in [4.69, 9.17) is 9.84 Å². The monoisotopic (exact) mass is 449 g/mol. The van der Waals surface area contributed by atoms with Crippen molar-refractivity contribution < 1.29 is 29.0 Å². The van der Waals surface area contributed by atoms with Crippen molar-refractivity contribution >= 4 is 23.7 Å². The average molecular weight is 450 g/mol. The molecule has 0 bridgehead atoms. The van der Waals surface area contributed by atoms with Gasteiger partial charge in [0.1, 0.15) is 18.6 Å². The molecule has 0 aliphatic heterocycles. The molecule has 0 aliphatic rings. The van der Waals surface area contributed by atoms with Gasteiger partial charge in [-0.2, -0.15) is 0 Å². The van der Waals surface area contributed by atoms with Gasteiger partial charge < -0.3 is 25.4 Å². The van der Waals surface area contributed by atoms with Crippen LogP contribution in [0.1, 0.15) is 39.7 Å². The van der Waals surface area contributed by atoms with E-state index in [1.165, 1.54) is 11.8 Å². The van der Waals surface area contributed by atoms with Crippen LogP contribution in [-0.2, 0) is 30.5 Å². The van der Waals surface area contributed by atoms with Crippen molar-refractivity contribution in [3.63, 3.8) is 0 Å². The third-order valence-corrected chi connectivity index (χ3v) is 4.92. The van der Waals surface area contributed by atoms with Gasteiger partial charge in [0, 0.05) is 13.0 Å². The molecule has 9 nitrogen and oxygen atoms in total. The summed E-state index contributed by atoms with van der Waals surface area (Å²) in [5.41, 5.74) is 0.926. The maximum Gasteiger partial charge on any atom is 0.322 e. The van der Waals surface area contributed by atoms with Gasteiger partial charge in [-0.15, -0.1) is 0 Å². The zero-order valence-corrected chi connectivity index (χ0v) is 19.5. The topological polar surface area (TPSA) is 125 Å². The Balaban J connectivity index is 2.86. The summed E-state index contributed by atoms with van der Waals surface area (Å²) in [5.74, 6) is -2.52. The molecule has 0 saturated carbocycles. The molecule has 178 valence electrons. The zero-order valence-electron chi connectivity index (χ0n) is 19.5. The Hall–Kier alpha value is -2.94. The fraction of sp³-hybridized carbons (Fsp3) is 0.565. The summed E-state index contributed by atoms with van der Waals surface area (Å²) in [4.78, 5) is 49.9. The van der Waals surface area contributed by atoms with Gasteiger partial charge in [-0.25, -0.2) is 0 Å². The maximum atomic E-state index is 12.9. The summed E-state index contributed by atoms with van der Waals surface area (Å²) >= 11 is 0. The predicted octanol–water partition coefficient (Wildman–Crippen LogP) is 1.42. The Morgan fingerprint density at radius 3 is 2.22 bits per heavy atom. The summed E-state index contributed by atoms with van der Waals surface area (Å²) in [7, 11) is 1.55. The largest absolute Gasteiger partial charge is 0.480 e. The van der Waals surface area contributed by atoms with Gasteiger partial charge in [0.25, 0.3) is 0 Å². The van der Waals surface area contributed by atoms with Crippen molar-refractivity contribution in [3.05, 3.63) is 35.9 Å². The van der Waals surface area contributed by atoms with Gasteiger partial charge in [0.2, 0.25) is 17.7 Å². The van der Waals surface area contributed by atoms with Crippen LogP contribution in [0, 0.1) is 11.8 Å². The minimum absolute atomic E-state index is 0.0547. The number of amides is 3. The van der Waals surface area contributed by atoms with E-state index in [0.717, 1.165) is 5.56 Å². The number of likely N-dealkylation sites (N-methyl/N-ethyl adjacent to an activating group) is 1. The number of rotatable bonds is 13. The number of benzene rings is 1. The smallest absolute Gasteiger partial charge is 0.322 e. The molecule has 1 unspecified atom stereocenters. The summed E-state index contributed by atoms with van der Waals surface area (Å²) in [6.07, 6.45) is 0.677. The minimum atomic E-state index is -1.19. The second-order valence-electron chi connectivity index (χ2n) is 8.34. The molecule has 32 heavy (non-hydrogen) atoms. The Kier molecular flexibility index (Phi) is 11.4. The van der Waals surface area contributed by atoms with Gasteiger partial charge in [-0.1, -0.05) is 51.1 Å². The molecule has 3 amide bonds. The third kappa shape index (κ3) is 9.47. The number of carboxylic acid groups (broad SMARTS) is 1. The molecule has 1 aromatic rings. The maximum absolute atomic E-state index is 12.9. The fourth-order valence-electron chi connectivity index (χ4n) is 3.23. The van der Waals surface area contributed by atoms with E-state index >= 15 is 0 Å². The van der Waals surface area contributed by atoms with Gasteiger partial charge >= 0.3 is 5.97 Å². The van der Waals surface area contributed by atoms with E-state index in [2.05, 4.69) is 10.6 Å². The SMILES string of the molecule is CC(C)CC(C)C(=O)N(C)[C@H](COCc1ccccc1)C(=O)N[C@H](C)C(=O)NCC(=O)O. The van der Waals surface area contributed by atoms with Crippen molar-refractivity contribution in [2.24, 2.45) is 11.8 Å². The number of hydrogen-bond acceptors (Lipinski definition) is 5. The zero-order chi connectivity index (χ0) is 24.3. The van der Waals surface area contributed by atoms with E-state index in [1.807, 2.05) is 51.1 Å². The highest BCUT2D eigenvalue weighted by Gasteiger charge is 2.31. The summed E-state index contributed by atoms with van der Waals surface area (Å²) in [5, 5.41) is 13.5. The third-order valence-electron chi connectivity index (χ3n) is 4.92. The highest BCUT2D eigenvalue weighted by atomic mass is 16.5. The lowest BCUT2D eigenvalue weighted by Gasteiger charge is -2.30. The number of aliphatic carboxylic acids is 1. The Morgan fingerprint density at radius 2 is 1.66 bits per heavy atom. The molecule has 1 rings (SSSR count). The van der Waals surface area contributed by atoms with Crippen LogP contribution in [0.5, 0.6) is 0 Å². The highest BCUT2D eigenvalue weighted by molar-refractivity contribution is 5.93. The van der Waals surface area contributed by atoms with Crippen LogP contribution in [0.4, 0.5) is 0 Å². The molecule has 0 aromatic heterocycles. The number of carbonyl (C=O) groups excluding carboxylic acids is 3. The normalized spacial score (nSPS) is 13.7. The number of carboxylic acids is 1. The van der Waals surface area contributed by atoms with Crippen molar-refractivity contribution in [2.45, 2.75) is 52.8 Å². The number of hydrogen-bond donors (Lipinski definition) is 3. The average Bonchev–Trinajstić information content (AvgIpc) is 2.74. The molecular weight excluding hydrogens is 414 g/mol. The standard InChI is InChI=1S/C23H35N3O6/c1-15(2)11-16(3)23(31)26(5)19(14-32-13-18-9-7-6-8-10-18)22(30)25-17(4)21(29)24-12-20(27)28/h6-10,15-17,19H,11-14H2,1-5H3,(H,24,29)(H,25,30)(H,27,28)/t16?,17-,19-/m1/s1. The number of carbonyl (C=O) groups is 4. The molecule has 0 saturated heterocycles. The fourth-order valence-corrected chi connectivity index (χ4v) is 3.23. The highest BCUT2D eigenvalue weighted by Crippen LogP contribution is 2.15. The molecule has 0 aliphatic carbocycles. The number of ether oxygens (including phenoxy) is 1. The van der Waals surface area contributed by atoms with Crippen LogP contribution >= 0.6 is 0 Å². The number of nitrogens with zero attached hydrogens (tertiary/aromatic N) is 1. The van der Waals surface area contributed by atoms with E-state index in [-0.39, 0.29) is 25.0 Å². The van der Waals surface area contributed by atoms with Gasteiger partial charge in [-0.05, 0) is 24.8 Å². The lowest BCUT2D eigenvalue weighted by molar-refractivity contribution is -0.145. The van der Waals surface area contributed by atoms with E-state index in [0.29, 0.717) is 12.3 Å². The molecule has 9 heteroatoms. The molecule has 0 fully saturated rings. The molecule has 0 heterocycles. The van der Waals surface area contributed by atoms with Crippen LogP contribution in [0.25, 0.3) is 0 Å². The minimum Gasteiger partial charge on any atom is -0.480 e. The van der Waals surface area contributed by atoms with E-state index in [9.17, 15) is 19.2 Å². The lowest BCUT2D eigenvalue weighted by atomic mass is 9.97. The van der Waals surface area contributed by atoms with E-state index < -0.39 is 36.4 Å². The van der Waals surface area contributed by atoms with Crippen LogP contribution < -0.4 is 10.6 Å². The Bertz CT molecular complexity index is 768. The molecule has 1 aromatic carbocycles. The van der Waals surface area contributed by atoms with Crippen molar-refractivity contribution in [3.8, 4) is 0 Å². The first-order chi connectivity index (χ1) is 15.0. The summed E-state index contributed by atoms with van der Waals surface area (Å²) < 4.78 is 5.72. The first kappa shape index (κ1) is 27.1. The molecular formula is C23H35N3O6. The first-order valence-corrected chi connectivity index (χ1v) is 10.7. The summed E-state index contributed by atoms with van der Waals surface area (Å²) in [6, 6.07) is 7.50. The van der Waals surface area contributed by atoms with Crippen LogP contribution in [0.15, 0.2) is 30.3 Å². The molecule has 0 radical (unpaired) electrons. The summed E-state index contributed by atoms with van der Waals surface area (Å²) in [6.45, 7) is 6.97. The van der Waals surface area contributed by atoms with Gasteiger partial charge in [-0.3, -0.25) is 19.2 Å². The Labute approximate surface area is 189 Å². The van der Waals surface area contributed by atoms with Gasteiger partial charge in [0.15, 0.2) is 0 Å². The molecule has 3 N–H and O–H groups in total. The quantitative estimate of drug-likeness (QED) is 0.418. The number of nitrogens with one attached hydrogen (secondary N) is 2. The first-order valence-electron chi connectivity index (χ1n) is 10.7. The van der Waals surface area contributed by atoms with Gasteiger partial charge in [0.05, 0.1) is 13.2 Å².